The lowest BCUT2D eigenvalue weighted by atomic mass is 10.1. The molecule has 34 heavy (non-hydrogen) atoms. The number of hydrogen-bond donors (Lipinski definition) is 3. The molecule has 13 heteroatoms. The number of alkyl halides is 3. The van der Waals surface area contributed by atoms with Crippen LogP contribution < -0.4 is 15.4 Å². The summed E-state index contributed by atoms with van der Waals surface area (Å²) in [5.74, 6) is -1.69. The first kappa shape index (κ1) is 26.6. The molecule has 1 heterocycles. The quantitative estimate of drug-likeness (QED) is 0.376. The van der Waals surface area contributed by atoms with Crippen LogP contribution in [0.3, 0.4) is 0 Å². The van der Waals surface area contributed by atoms with Gasteiger partial charge in [-0.15, -0.1) is 0 Å². The number of carbonyl (C=O) groups excluding carboxylic acids is 1. The highest BCUT2D eigenvalue weighted by atomic mass is 32.2. The van der Waals surface area contributed by atoms with Gasteiger partial charge in [0.1, 0.15) is 29.1 Å². The van der Waals surface area contributed by atoms with Crippen LogP contribution in [0.4, 0.5) is 29.1 Å². The van der Waals surface area contributed by atoms with Gasteiger partial charge in [-0.2, -0.15) is 18.4 Å². The largest absolute Gasteiger partial charge is 0.433 e. The minimum atomic E-state index is -4.63. The maximum absolute atomic E-state index is 14.3. The summed E-state index contributed by atoms with van der Waals surface area (Å²) in [5.41, 5.74) is -1.43. The summed E-state index contributed by atoms with van der Waals surface area (Å²) < 4.78 is 77.7. The number of nitrogens with one attached hydrogen (secondary N) is 3. The normalized spacial score (nSPS) is 12.0. The van der Waals surface area contributed by atoms with Crippen LogP contribution in [0, 0.1) is 17.1 Å². The molecule has 0 unspecified atom stereocenters. The molecule has 1 aromatic heterocycles. The zero-order valence-corrected chi connectivity index (χ0v) is 19.1. The second-order valence-electron chi connectivity index (χ2n) is 7.47. The Morgan fingerprint density at radius 3 is 2.50 bits per heavy atom. The van der Waals surface area contributed by atoms with Gasteiger partial charge in [0.25, 0.3) is 0 Å². The van der Waals surface area contributed by atoms with Crippen LogP contribution in [-0.2, 0) is 27.5 Å². The van der Waals surface area contributed by atoms with Gasteiger partial charge in [-0.1, -0.05) is 0 Å². The SMILES string of the molecule is CC(C)Nc1nc(C(F)(F)F)ccc1/C=C/C(=O)NCc1cc(F)c(NS(C)(=O)=O)c(C#N)c1. The molecular formula is C21H21F4N5O3S. The minimum Gasteiger partial charge on any atom is -0.367 e. The first-order valence-electron chi connectivity index (χ1n) is 9.70. The second-order valence-corrected chi connectivity index (χ2v) is 9.22. The van der Waals surface area contributed by atoms with E-state index >= 15 is 0 Å². The van der Waals surface area contributed by atoms with Gasteiger partial charge in [0.05, 0.1) is 11.8 Å². The topological polar surface area (TPSA) is 124 Å². The fourth-order valence-electron chi connectivity index (χ4n) is 2.71. The van der Waals surface area contributed by atoms with Crippen LogP contribution in [0.15, 0.2) is 30.3 Å². The van der Waals surface area contributed by atoms with Gasteiger partial charge in [0.15, 0.2) is 0 Å². The van der Waals surface area contributed by atoms with Gasteiger partial charge in [0, 0.05) is 24.2 Å². The number of amides is 1. The summed E-state index contributed by atoms with van der Waals surface area (Å²) in [6.45, 7) is 3.23. The Morgan fingerprint density at radius 1 is 1.26 bits per heavy atom. The molecular weight excluding hydrogens is 478 g/mol. The summed E-state index contributed by atoms with van der Waals surface area (Å²) in [6.07, 6.45) is -1.48. The van der Waals surface area contributed by atoms with E-state index in [4.69, 9.17) is 0 Å². The zero-order chi connectivity index (χ0) is 25.7. The summed E-state index contributed by atoms with van der Waals surface area (Å²) in [5, 5.41) is 14.4. The standard InChI is InChI=1S/C21H21F4N5O3S/c1-12(2)28-20-14(4-6-17(29-20)21(23,24)25)5-7-18(31)27-11-13-8-15(10-26)19(16(22)9-13)30-34(3,32)33/h4-9,12,30H,11H2,1-3H3,(H,27,31)(H,28,29)/b7-5+. The molecule has 0 aliphatic carbocycles. The number of sulfonamides is 1. The molecule has 0 radical (unpaired) electrons. The molecule has 182 valence electrons. The lowest BCUT2D eigenvalue weighted by Crippen LogP contribution is -2.21. The van der Waals surface area contributed by atoms with E-state index < -0.39 is 39.3 Å². The van der Waals surface area contributed by atoms with Gasteiger partial charge in [-0.05, 0) is 49.8 Å². The molecule has 0 aliphatic rings. The molecule has 0 saturated heterocycles. The Hall–Kier alpha value is -3.66. The molecule has 0 saturated carbocycles. The van der Waals surface area contributed by atoms with Gasteiger partial charge in [-0.3, -0.25) is 9.52 Å². The van der Waals surface area contributed by atoms with Crippen molar-refractivity contribution in [2.24, 2.45) is 0 Å². The van der Waals surface area contributed by atoms with Gasteiger partial charge in [0.2, 0.25) is 15.9 Å². The Labute approximate surface area is 193 Å². The van der Waals surface area contributed by atoms with Crippen molar-refractivity contribution in [2.45, 2.75) is 32.6 Å². The summed E-state index contributed by atoms with van der Waals surface area (Å²) in [4.78, 5) is 15.8. The van der Waals surface area contributed by atoms with E-state index in [0.717, 1.165) is 24.5 Å². The van der Waals surface area contributed by atoms with E-state index in [1.54, 1.807) is 19.9 Å². The third kappa shape index (κ3) is 7.73. The number of halogens is 4. The highest BCUT2D eigenvalue weighted by Crippen LogP contribution is 2.30. The fraction of sp³-hybridized carbons (Fsp3) is 0.286. The van der Waals surface area contributed by atoms with Crippen molar-refractivity contribution >= 4 is 33.5 Å². The van der Waals surface area contributed by atoms with E-state index in [2.05, 4.69) is 15.6 Å². The maximum Gasteiger partial charge on any atom is 0.433 e. The van der Waals surface area contributed by atoms with Crippen molar-refractivity contribution in [1.82, 2.24) is 10.3 Å². The van der Waals surface area contributed by atoms with Crippen molar-refractivity contribution in [3.05, 3.63) is 58.5 Å². The Balaban J connectivity index is 2.17. The van der Waals surface area contributed by atoms with Crippen LogP contribution in [0.2, 0.25) is 0 Å². The molecule has 8 nitrogen and oxygen atoms in total. The predicted octanol–water partition coefficient (Wildman–Crippen LogP) is 3.63. The van der Waals surface area contributed by atoms with Crippen LogP contribution in [0.25, 0.3) is 6.08 Å². The van der Waals surface area contributed by atoms with Gasteiger partial charge < -0.3 is 10.6 Å². The first-order valence-corrected chi connectivity index (χ1v) is 11.6. The lowest BCUT2D eigenvalue weighted by Gasteiger charge is -2.14. The van der Waals surface area contributed by atoms with Gasteiger partial charge in [-0.25, -0.2) is 17.8 Å². The van der Waals surface area contributed by atoms with E-state index in [-0.39, 0.29) is 35.1 Å². The molecule has 1 amide bonds. The molecule has 2 aromatic rings. The lowest BCUT2D eigenvalue weighted by molar-refractivity contribution is -0.141. The average Bonchev–Trinajstić information content (AvgIpc) is 2.70. The Morgan fingerprint density at radius 2 is 1.94 bits per heavy atom. The number of hydrogen-bond acceptors (Lipinski definition) is 6. The molecule has 0 aliphatic heterocycles. The monoisotopic (exact) mass is 499 g/mol. The number of nitriles is 1. The third-order valence-corrected chi connectivity index (χ3v) is 4.66. The Kier molecular flexibility index (Phi) is 8.22. The highest BCUT2D eigenvalue weighted by Gasteiger charge is 2.33. The number of nitrogens with zero attached hydrogens (tertiary/aromatic N) is 2. The number of aromatic nitrogens is 1. The minimum absolute atomic E-state index is 0.0522. The first-order chi connectivity index (χ1) is 15.7. The molecule has 3 N–H and O–H groups in total. The summed E-state index contributed by atoms with van der Waals surface area (Å²) in [6, 6.07) is 5.60. The van der Waals surface area contributed by atoms with Crippen LogP contribution in [-0.4, -0.2) is 31.6 Å². The molecule has 0 bridgehead atoms. The fourth-order valence-corrected chi connectivity index (χ4v) is 3.29. The number of pyridine rings is 1. The van der Waals surface area contributed by atoms with E-state index in [1.165, 1.54) is 18.2 Å². The smallest absolute Gasteiger partial charge is 0.367 e. The van der Waals surface area contributed by atoms with Crippen LogP contribution >= 0.6 is 0 Å². The average molecular weight is 499 g/mol. The van der Waals surface area contributed by atoms with Gasteiger partial charge >= 0.3 is 6.18 Å². The number of rotatable bonds is 8. The zero-order valence-electron chi connectivity index (χ0n) is 18.3. The number of anilines is 2. The van der Waals surface area contributed by atoms with Crippen molar-refractivity contribution in [1.29, 1.82) is 5.26 Å². The number of benzene rings is 1. The van der Waals surface area contributed by atoms with Crippen molar-refractivity contribution in [2.75, 3.05) is 16.3 Å². The molecule has 1 aromatic carbocycles. The summed E-state index contributed by atoms with van der Waals surface area (Å²) >= 11 is 0. The number of carbonyl (C=O) groups is 1. The van der Waals surface area contributed by atoms with Crippen LogP contribution in [0.1, 0.15) is 36.2 Å². The molecule has 0 atom stereocenters. The highest BCUT2D eigenvalue weighted by molar-refractivity contribution is 7.92. The maximum atomic E-state index is 14.3. The van der Waals surface area contributed by atoms with E-state index in [1.807, 2.05) is 4.72 Å². The van der Waals surface area contributed by atoms with E-state index in [0.29, 0.717) is 0 Å². The van der Waals surface area contributed by atoms with Crippen LogP contribution in [0.5, 0.6) is 0 Å². The molecule has 0 fully saturated rings. The van der Waals surface area contributed by atoms with Crippen molar-refractivity contribution in [3.8, 4) is 6.07 Å². The van der Waals surface area contributed by atoms with Crippen molar-refractivity contribution in [3.63, 3.8) is 0 Å². The summed E-state index contributed by atoms with van der Waals surface area (Å²) in [7, 11) is -3.82. The molecule has 2 rings (SSSR count). The predicted molar refractivity (Wildman–Crippen MR) is 118 cm³/mol. The molecule has 0 spiro atoms. The Bertz CT molecular complexity index is 1250. The second kappa shape index (κ2) is 10.5. The van der Waals surface area contributed by atoms with Crippen molar-refractivity contribution < 1.29 is 30.8 Å². The van der Waals surface area contributed by atoms with E-state index in [9.17, 15) is 36.0 Å². The third-order valence-electron chi connectivity index (χ3n) is 4.08.